The number of nitrogens with two attached hydrogens (primary N) is 1. The molecule has 0 saturated heterocycles. The van der Waals surface area contributed by atoms with Gasteiger partial charge >= 0.3 is 0 Å². The number of hydrogen-bond acceptors (Lipinski definition) is 2. The molecule has 2 saturated carbocycles. The third-order valence-electron chi connectivity index (χ3n) is 5.05. The van der Waals surface area contributed by atoms with Crippen molar-refractivity contribution in [3.8, 4) is 0 Å². The van der Waals surface area contributed by atoms with Crippen LogP contribution in [0.15, 0.2) is 11.6 Å². The minimum Gasteiger partial charge on any atom is -0.229 e. The van der Waals surface area contributed by atoms with Gasteiger partial charge in [-0.25, -0.2) is 13.6 Å². The van der Waals surface area contributed by atoms with E-state index in [0.29, 0.717) is 5.92 Å². The van der Waals surface area contributed by atoms with Gasteiger partial charge in [-0.15, -0.1) is 0 Å². The van der Waals surface area contributed by atoms with Crippen LogP contribution in [0.25, 0.3) is 0 Å². The number of sulfonamides is 1. The molecule has 2 fully saturated rings. The summed E-state index contributed by atoms with van der Waals surface area (Å²) in [5.74, 6) is 0.740. The fourth-order valence-electron chi connectivity index (χ4n) is 3.98. The summed E-state index contributed by atoms with van der Waals surface area (Å²) in [7, 11) is -3.41. The summed E-state index contributed by atoms with van der Waals surface area (Å²) < 4.78 is 22.9. The monoisotopic (exact) mass is 243 g/mol. The van der Waals surface area contributed by atoms with Crippen LogP contribution in [0.2, 0.25) is 0 Å². The molecule has 0 aromatic rings. The molecule has 2 rings (SSSR count). The average molecular weight is 243 g/mol. The molecular weight excluding hydrogens is 222 g/mol. The lowest BCUT2D eigenvalue weighted by atomic mass is 9.69. The fraction of sp³-hybridized carbons (Fsp3) is 0.833. The van der Waals surface area contributed by atoms with E-state index in [1.807, 2.05) is 6.92 Å². The minimum absolute atomic E-state index is 0.0707. The fourth-order valence-corrected chi connectivity index (χ4v) is 5.36. The summed E-state index contributed by atoms with van der Waals surface area (Å²) in [4.78, 5) is 0. The molecule has 2 N–H and O–H groups in total. The van der Waals surface area contributed by atoms with E-state index in [4.69, 9.17) is 5.14 Å². The Labute approximate surface area is 98.2 Å². The van der Waals surface area contributed by atoms with Crippen LogP contribution in [0.1, 0.15) is 40.0 Å². The highest BCUT2D eigenvalue weighted by Crippen LogP contribution is 2.68. The molecule has 0 amide bonds. The SMILES string of the molecule is C/C=C1\CC2CC[C@@]1(CS(N)(=O)=O)C2(C)C. The maximum absolute atomic E-state index is 11.5. The second-order valence-corrected chi connectivity index (χ2v) is 7.48. The molecule has 0 spiro atoms. The number of allylic oxidation sites excluding steroid dienone is 2. The molecule has 16 heavy (non-hydrogen) atoms. The van der Waals surface area contributed by atoms with Crippen molar-refractivity contribution < 1.29 is 8.42 Å². The van der Waals surface area contributed by atoms with Crippen LogP contribution < -0.4 is 5.14 Å². The van der Waals surface area contributed by atoms with Crippen LogP contribution in [-0.4, -0.2) is 14.2 Å². The quantitative estimate of drug-likeness (QED) is 0.754. The van der Waals surface area contributed by atoms with Crippen molar-refractivity contribution in [3.63, 3.8) is 0 Å². The third kappa shape index (κ3) is 1.46. The summed E-state index contributed by atoms with van der Waals surface area (Å²) in [6.07, 6.45) is 5.27. The molecule has 0 aromatic carbocycles. The van der Waals surface area contributed by atoms with Gasteiger partial charge < -0.3 is 0 Å². The number of hydrogen-bond donors (Lipinski definition) is 1. The number of primary sulfonamides is 1. The molecule has 2 atom stereocenters. The highest BCUT2D eigenvalue weighted by atomic mass is 32.2. The van der Waals surface area contributed by atoms with Gasteiger partial charge in [-0.3, -0.25) is 0 Å². The van der Waals surface area contributed by atoms with Gasteiger partial charge in [0.2, 0.25) is 10.0 Å². The van der Waals surface area contributed by atoms with Crippen molar-refractivity contribution in [2.45, 2.75) is 40.0 Å². The molecule has 3 nitrogen and oxygen atoms in total. The standard InChI is InChI=1S/C12H21NO2S/c1-4-9-7-10-5-6-12(9,11(10,2)3)8-16(13,14)15/h4,10H,5-8H2,1-3H3,(H2,13,14,15)/b9-4+/t10?,12-/m0/s1. The van der Waals surface area contributed by atoms with Gasteiger partial charge in [-0.2, -0.15) is 0 Å². The van der Waals surface area contributed by atoms with Crippen LogP contribution in [-0.2, 0) is 10.0 Å². The van der Waals surface area contributed by atoms with Crippen molar-refractivity contribution in [3.05, 3.63) is 11.6 Å². The Kier molecular flexibility index (Phi) is 2.52. The van der Waals surface area contributed by atoms with Crippen molar-refractivity contribution in [2.24, 2.45) is 21.9 Å². The Morgan fingerprint density at radius 1 is 1.50 bits per heavy atom. The second kappa shape index (κ2) is 3.33. The molecule has 1 unspecified atom stereocenters. The van der Waals surface area contributed by atoms with E-state index in [0.717, 1.165) is 19.3 Å². The van der Waals surface area contributed by atoms with Gasteiger partial charge in [0, 0.05) is 5.41 Å². The third-order valence-corrected chi connectivity index (χ3v) is 5.95. The van der Waals surface area contributed by atoms with Crippen molar-refractivity contribution >= 4 is 10.0 Å². The minimum atomic E-state index is -3.41. The molecule has 0 aliphatic heterocycles. The summed E-state index contributed by atoms with van der Waals surface area (Å²) in [6.45, 7) is 6.41. The van der Waals surface area contributed by atoms with E-state index >= 15 is 0 Å². The normalized spacial score (nSPS) is 39.5. The molecular formula is C12H21NO2S. The average Bonchev–Trinajstić information content (AvgIpc) is 2.47. The van der Waals surface area contributed by atoms with Gasteiger partial charge in [0.15, 0.2) is 0 Å². The van der Waals surface area contributed by atoms with Crippen LogP contribution in [0.5, 0.6) is 0 Å². The Morgan fingerprint density at radius 2 is 2.12 bits per heavy atom. The Bertz CT molecular complexity index is 436. The van der Waals surface area contributed by atoms with Crippen LogP contribution in [0.3, 0.4) is 0 Å². The van der Waals surface area contributed by atoms with Crippen LogP contribution in [0, 0.1) is 16.7 Å². The molecule has 2 bridgehead atoms. The highest BCUT2D eigenvalue weighted by molar-refractivity contribution is 7.89. The largest absolute Gasteiger partial charge is 0.229 e. The molecule has 2 aliphatic carbocycles. The van der Waals surface area contributed by atoms with E-state index in [-0.39, 0.29) is 16.6 Å². The van der Waals surface area contributed by atoms with Crippen LogP contribution in [0.4, 0.5) is 0 Å². The first-order chi connectivity index (χ1) is 7.23. The Balaban J connectivity index is 2.49. The second-order valence-electron chi connectivity index (χ2n) is 5.86. The van der Waals surface area contributed by atoms with Crippen molar-refractivity contribution in [2.75, 3.05) is 5.75 Å². The number of rotatable bonds is 2. The van der Waals surface area contributed by atoms with E-state index in [2.05, 4.69) is 19.9 Å². The Hall–Kier alpha value is -0.350. The zero-order valence-corrected chi connectivity index (χ0v) is 11.1. The van der Waals surface area contributed by atoms with E-state index < -0.39 is 10.0 Å². The lowest BCUT2D eigenvalue weighted by molar-refractivity contribution is 0.181. The molecule has 0 aromatic heterocycles. The maximum atomic E-state index is 11.5. The summed E-state index contributed by atoms with van der Waals surface area (Å²) in [5.41, 5.74) is 1.18. The van der Waals surface area contributed by atoms with Crippen LogP contribution >= 0.6 is 0 Å². The summed E-state index contributed by atoms with van der Waals surface area (Å²) >= 11 is 0. The first-order valence-corrected chi connectivity index (χ1v) is 7.60. The van der Waals surface area contributed by atoms with Gasteiger partial charge in [-0.1, -0.05) is 25.5 Å². The smallest absolute Gasteiger partial charge is 0.209 e. The van der Waals surface area contributed by atoms with Crippen molar-refractivity contribution in [1.29, 1.82) is 0 Å². The summed E-state index contributed by atoms with van der Waals surface area (Å²) in [6, 6.07) is 0. The topological polar surface area (TPSA) is 60.2 Å². The first kappa shape index (κ1) is 12.1. The predicted octanol–water partition coefficient (Wildman–Crippen LogP) is 2.05. The van der Waals surface area contributed by atoms with Gasteiger partial charge in [0.25, 0.3) is 0 Å². The molecule has 2 aliphatic rings. The zero-order valence-electron chi connectivity index (χ0n) is 10.3. The summed E-state index contributed by atoms with van der Waals surface area (Å²) in [5, 5.41) is 5.28. The lowest BCUT2D eigenvalue weighted by Gasteiger charge is -2.38. The lowest BCUT2D eigenvalue weighted by Crippen LogP contribution is -2.40. The molecule has 0 radical (unpaired) electrons. The number of fused-ring (bicyclic) bond motifs is 2. The van der Waals surface area contributed by atoms with Gasteiger partial charge in [0.05, 0.1) is 5.75 Å². The molecule has 4 heteroatoms. The van der Waals surface area contributed by atoms with E-state index in [9.17, 15) is 8.42 Å². The maximum Gasteiger partial charge on any atom is 0.209 e. The van der Waals surface area contributed by atoms with Crippen molar-refractivity contribution in [1.82, 2.24) is 0 Å². The Morgan fingerprint density at radius 3 is 2.56 bits per heavy atom. The van der Waals surface area contributed by atoms with E-state index in [1.165, 1.54) is 5.57 Å². The molecule has 92 valence electrons. The van der Waals surface area contributed by atoms with Gasteiger partial charge in [0.1, 0.15) is 0 Å². The first-order valence-electron chi connectivity index (χ1n) is 5.89. The zero-order chi connectivity index (χ0) is 12.2. The van der Waals surface area contributed by atoms with Gasteiger partial charge in [-0.05, 0) is 37.5 Å². The highest BCUT2D eigenvalue weighted by Gasteiger charge is 2.62. The predicted molar refractivity (Wildman–Crippen MR) is 65.3 cm³/mol. The molecule has 0 heterocycles. The van der Waals surface area contributed by atoms with E-state index in [1.54, 1.807) is 0 Å².